The molecule has 8 heteroatoms. The zero-order chi connectivity index (χ0) is 16.7. The number of aromatic nitrogens is 1. The molecule has 0 aliphatic carbocycles. The van der Waals surface area contributed by atoms with E-state index in [4.69, 9.17) is 11.5 Å². The van der Waals surface area contributed by atoms with Crippen LogP contribution in [0.3, 0.4) is 0 Å². The van der Waals surface area contributed by atoms with Crippen LogP contribution in [0.2, 0.25) is 0 Å². The molecule has 1 aliphatic heterocycles. The van der Waals surface area contributed by atoms with Crippen LogP contribution >= 0.6 is 0 Å². The van der Waals surface area contributed by atoms with Gasteiger partial charge in [-0.2, -0.15) is 5.11 Å². The molecule has 0 spiro atoms. The van der Waals surface area contributed by atoms with E-state index in [0.29, 0.717) is 24.3 Å². The fraction of sp³-hybridized carbons (Fsp3) is 0.133. The molecule has 3 rings (SSSR count). The number of azo groups is 1. The van der Waals surface area contributed by atoms with Crippen molar-refractivity contribution in [3.05, 3.63) is 42.5 Å². The maximum Gasteiger partial charge on any atom is 0.227 e. The fourth-order valence-electron chi connectivity index (χ4n) is 1.68. The summed E-state index contributed by atoms with van der Waals surface area (Å²) >= 11 is 0. The van der Waals surface area contributed by atoms with Gasteiger partial charge in [0.1, 0.15) is 11.5 Å². The molecule has 1 aromatic carbocycles. The molecular formula is C15H16N6O2. The molecule has 23 heavy (non-hydrogen) atoms. The van der Waals surface area contributed by atoms with Gasteiger partial charge < -0.3 is 11.5 Å². The highest BCUT2D eigenvalue weighted by molar-refractivity contribution is 6.01. The lowest BCUT2D eigenvalue weighted by Crippen LogP contribution is -2.18. The van der Waals surface area contributed by atoms with Gasteiger partial charge in [0.15, 0.2) is 5.82 Å². The summed E-state index contributed by atoms with van der Waals surface area (Å²) in [7, 11) is 0. The molecule has 2 amide bonds. The number of carbonyl (C=O) groups excluding carboxylic acids is 2. The molecule has 8 nitrogen and oxygen atoms in total. The van der Waals surface area contributed by atoms with Gasteiger partial charge in [-0.1, -0.05) is 18.2 Å². The molecule has 2 heterocycles. The van der Waals surface area contributed by atoms with Crippen LogP contribution < -0.4 is 16.8 Å². The number of nitrogens with one attached hydrogen (secondary N) is 1. The number of nitrogen functional groups attached to an aromatic ring is 2. The number of imide groups is 1. The molecule has 0 radical (unpaired) electrons. The summed E-state index contributed by atoms with van der Waals surface area (Å²) in [6.07, 6.45) is 0.748. The minimum atomic E-state index is -0.148. The molecule has 1 fully saturated rings. The van der Waals surface area contributed by atoms with Crippen molar-refractivity contribution in [1.29, 1.82) is 0 Å². The Hall–Kier alpha value is -3.29. The molecule has 1 aromatic heterocycles. The van der Waals surface area contributed by atoms with Crippen LogP contribution in [0.4, 0.5) is 23.0 Å². The highest BCUT2D eigenvalue weighted by Gasteiger charge is 2.15. The normalized spacial score (nSPS) is 13.6. The van der Waals surface area contributed by atoms with Crippen LogP contribution in [0.1, 0.15) is 12.8 Å². The average Bonchev–Trinajstić information content (AvgIpc) is 2.91. The Morgan fingerprint density at radius 2 is 1.57 bits per heavy atom. The quantitative estimate of drug-likeness (QED) is 0.576. The second-order valence-electron chi connectivity index (χ2n) is 4.65. The monoisotopic (exact) mass is 312 g/mol. The van der Waals surface area contributed by atoms with Crippen molar-refractivity contribution in [3.8, 4) is 0 Å². The highest BCUT2D eigenvalue weighted by atomic mass is 16.2. The minimum absolute atomic E-state index is 0.148. The van der Waals surface area contributed by atoms with E-state index >= 15 is 0 Å². The number of nitrogens with zero attached hydrogens (tertiary/aromatic N) is 3. The Morgan fingerprint density at radius 1 is 0.913 bits per heavy atom. The number of anilines is 2. The minimum Gasteiger partial charge on any atom is -0.384 e. The lowest BCUT2D eigenvalue weighted by molar-refractivity contribution is -0.124. The van der Waals surface area contributed by atoms with Crippen molar-refractivity contribution < 1.29 is 9.59 Å². The second kappa shape index (κ2) is 7.64. The van der Waals surface area contributed by atoms with E-state index in [1.165, 1.54) is 0 Å². The molecule has 118 valence electrons. The summed E-state index contributed by atoms with van der Waals surface area (Å²) in [5.41, 5.74) is 12.4. The number of carbonyl (C=O) groups is 2. The van der Waals surface area contributed by atoms with E-state index in [1.807, 2.05) is 30.3 Å². The van der Waals surface area contributed by atoms with E-state index in [2.05, 4.69) is 20.5 Å². The van der Waals surface area contributed by atoms with Crippen LogP contribution in [0.15, 0.2) is 52.7 Å². The molecule has 2 aromatic rings. The van der Waals surface area contributed by atoms with E-state index in [0.717, 1.165) is 5.69 Å². The van der Waals surface area contributed by atoms with E-state index in [1.54, 1.807) is 12.1 Å². The zero-order valence-corrected chi connectivity index (χ0v) is 12.3. The molecule has 5 N–H and O–H groups in total. The van der Waals surface area contributed by atoms with Crippen molar-refractivity contribution in [2.24, 2.45) is 10.2 Å². The number of hydrogen-bond acceptors (Lipinski definition) is 7. The van der Waals surface area contributed by atoms with E-state index in [9.17, 15) is 9.59 Å². The third-order valence-electron chi connectivity index (χ3n) is 2.81. The smallest absolute Gasteiger partial charge is 0.227 e. The summed E-state index contributed by atoms with van der Waals surface area (Å²) < 4.78 is 0. The number of benzene rings is 1. The number of amides is 2. The lowest BCUT2D eigenvalue weighted by Gasteiger charge is -1.98. The Bertz CT molecular complexity index is 716. The SMILES string of the molecule is Nc1ccc(/N=N/c2ccccc2)c(N)n1.O=C1CCC(=O)N1. The molecular weight excluding hydrogens is 296 g/mol. The fourth-order valence-corrected chi connectivity index (χ4v) is 1.68. The topological polar surface area (TPSA) is 136 Å². The van der Waals surface area contributed by atoms with Gasteiger partial charge in [0.05, 0.1) is 5.69 Å². The van der Waals surface area contributed by atoms with Crippen molar-refractivity contribution in [1.82, 2.24) is 10.3 Å². The van der Waals surface area contributed by atoms with E-state index in [-0.39, 0.29) is 17.6 Å². The van der Waals surface area contributed by atoms with Crippen LogP contribution in [0.5, 0.6) is 0 Å². The Morgan fingerprint density at radius 3 is 2.09 bits per heavy atom. The summed E-state index contributed by atoms with van der Waals surface area (Å²) in [6, 6.07) is 12.7. The number of pyridine rings is 1. The molecule has 0 atom stereocenters. The number of hydrogen-bond donors (Lipinski definition) is 3. The third-order valence-corrected chi connectivity index (χ3v) is 2.81. The summed E-state index contributed by atoms with van der Waals surface area (Å²) in [5, 5.41) is 10.2. The summed E-state index contributed by atoms with van der Waals surface area (Å²) in [5.74, 6) is 0.353. The summed E-state index contributed by atoms with van der Waals surface area (Å²) in [4.78, 5) is 24.1. The predicted octanol–water partition coefficient (Wildman–Crippen LogP) is 2.08. The van der Waals surface area contributed by atoms with Gasteiger partial charge >= 0.3 is 0 Å². The molecule has 0 saturated carbocycles. The molecule has 0 unspecified atom stereocenters. The van der Waals surface area contributed by atoms with Crippen LogP contribution in [0.25, 0.3) is 0 Å². The Labute approximate surface area is 132 Å². The van der Waals surface area contributed by atoms with Gasteiger partial charge in [0, 0.05) is 12.8 Å². The first-order valence-corrected chi connectivity index (χ1v) is 6.86. The van der Waals surface area contributed by atoms with Crippen molar-refractivity contribution in [2.75, 3.05) is 11.5 Å². The van der Waals surface area contributed by atoms with Crippen LogP contribution in [0, 0.1) is 0 Å². The predicted molar refractivity (Wildman–Crippen MR) is 86.1 cm³/mol. The molecule has 0 bridgehead atoms. The largest absolute Gasteiger partial charge is 0.384 e. The van der Waals surface area contributed by atoms with Crippen molar-refractivity contribution in [2.45, 2.75) is 12.8 Å². The maximum atomic E-state index is 10.1. The van der Waals surface area contributed by atoms with Gasteiger partial charge in [0.25, 0.3) is 0 Å². The van der Waals surface area contributed by atoms with Crippen molar-refractivity contribution >= 4 is 34.8 Å². The first-order valence-electron chi connectivity index (χ1n) is 6.86. The standard InChI is InChI=1S/C11H11N5.C4H5NO2/c12-10-7-6-9(11(13)14-10)16-15-8-4-2-1-3-5-8;6-3-1-2-4(7)5-3/h1-7H,(H4,12,13,14);1-2H2,(H,5,6,7)/b16-15+;. The van der Waals surface area contributed by atoms with Gasteiger partial charge in [-0.05, 0) is 24.3 Å². The zero-order valence-electron chi connectivity index (χ0n) is 12.3. The molecule has 1 aliphatic rings. The van der Waals surface area contributed by atoms with E-state index < -0.39 is 0 Å². The number of nitrogens with two attached hydrogens (primary N) is 2. The van der Waals surface area contributed by atoms with Gasteiger partial charge in [-0.15, -0.1) is 5.11 Å². The van der Waals surface area contributed by atoms with Crippen LogP contribution in [-0.4, -0.2) is 16.8 Å². The Kier molecular flexibility index (Phi) is 5.35. The maximum absolute atomic E-state index is 10.1. The first-order chi connectivity index (χ1) is 11.0. The average molecular weight is 312 g/mol. The second-order valence-corrected chi connectivity index (χ2v) is 4.65. The van der Waals surface area contributed by atoms with Gasteiger partial charge in [-0.25, -0.2) is 4.98 Å². The van der Waals surface area contributed by atoms with Crippen LogP contribution in [-0.2, 0) is 9.59 Å². The third kappa shape index (κ3) is 5.20. The summed E-state index contributed by atoms with van der Waals surface area (Å²) in [6.45, 7) is 0. The van der Waals surface area contributed by atoms with Crippen molar-refractivity contribution in [3.63, 3.8) is 0 Å². The Balaban J connectivity index is 0.000000229. The van der Waals surface area contributed by atoms with Gasteiger partial charge in [-0.3, -0.25) is 14.9 Å². The highest BCUT2D eigenvalue weighted by Crippen LogP contribution is 2.23. The van der Waals surface area contributed by atoms with Gasteiger partial charge in [0.2, 0.25) is 11.8 Å². The molecule has 1 saturated heterocycles. The lowest BCUT2D eigenvalue weighted by atomic mass is 10.3. The number of rotatable bonds is 2. The first kappa shape index (κ1) is 16.1.